The number of carboxylic acid groups (broad SMARTS) is 1. The smallest absolute Gasteiger partial charge is 0.308 e. The highest BCUT2D eigenvalue weighted by atomic mass is 16.4. The lowest BCUT2D eigenvalue weighted by Crippen LogP contribution is -2.45. The van der Waals surface area contributed by atoms with Crippen molar-refractivity contribution in [2.75, 3.05) is 34.2 Å². The molecule has 1 aliphatic rings. The van der Waals surface area contributed by atoms with Gasteiger partial charge in [0, 0.05) is 19.1 Å². The molecule has 2 atom stereocenters. The molecule has 1 saturated carbocycles. The molecule has 1 rings (SSSR count). The second kappa shape index (κ2) is 6.21. The van der Waals surface area contributed by atoms with Crippen molar-refractivity contribution in [2.24, 2.45) is 5.92 Å². The summed E-state index contributed by atoms with van der Waals surface area (Å²) < 4.78 is 0. The Morgan fingerprint density at radius 1 is 1.19 bits per heavy atom. The second-order valence-corrected chi connectivity index (χ2v) is 5.08. The summed E-state index contributed by atoms with van der Waals surface area (Å²) in [5, 5.41) is 9.20. The van der Waals surface area contributed by atoms with E-state index in [1.165, 1.54) is 6.42 Å². The lowest BCUT2D eigenvalue weighted by molar-refractivity contribution is -0.145. The number of likely N-dealkylation sites (N-methyl/N-ethyl adjacent to an activating group) is 2. The van der Waals surface area contributed by atoms with E-state index in [2.05, 4.69) is 16.8 Å². The Bertz CT molecular complexity index is 231. The average molecular weight is 228 g/mol. The highest BCUT2D eigenvalue weighted by Gasteiger charge is 2.33. The highest BCUT2D eigenvalue weighted by Crippen LogP contribution is 2.27. The molecule has 16 heavy (non-hydrogen) atoms. The third kappa shape index (κ3) is 3.76. The quantitative estimate of drug-likeness (QED) is 0.766. The van der Waals surface area contributed by atoms with E-state index in [0.29, 0.717) is 0 Å². The fraction of sp³-hybridized carbons (Fsp3) is 0.917. The molecular weight excluding hydrogens is 204 g/mol. The van der Waals surface area contributed by atoms with Crippen molar-refractivity contribution < 1.29 is 9.90 Å². The van der Waals surface area contributed by atoms with Crippen LogP contribution in [0.25, 0.3) is 0 Å². The minimum Gasteiger partial charge on any atom is -0.481 e. The molecule has 2 unspecified atom stereocenters. The molecule has 0 aromatic rings. The fourth-order valence-electron chi connectivity index (χ4n) is 2.45. The van der Waals surface area contributed by atoms with E-state index in [4.69, 9.17) is 0 Å². The van der Waals surface area contributed by atoms with Crippen molar-refractivity contribution in [3.8, 4) is 0 Å². The molecule has 1 aliphatic carbocycles. The van der Waals surface area contributed by atoms with Crippen LogP contribution in [-0.4, -0.2) is 61.2 Å². The zero-order valence-corrected chi connectivity index (χ0v) is 10.6. The van der Waals surface area contributed by atoms with Crippen LogP contribution in [0.1, 0.15) is 25.7 Å². The Morgan fingerprint density at radius 3 is 2.38 bits per heavy atom. The zero-order valence-electron chi connectivity index (χ0n) is 10.6. The normalized spacial score (nSPS) is 26.3. The van der Waals surface area contributed by atoms with Gasteiger partial charge in [0.05, 0.1) is 5.92 Å². The largest absolute Gasteiger partial charge is 0.481 e. The highest BCUT2D eigenvalue weighted by molar-refractivity contribution is 5.71. The van der Waals surface area contributed by atoms with Gasteiger partial charge < -0.3 is 14.9 Å². The van der Waals surface area contributed by atoms with Crippen LogP contribution < -0.4 is 0 Å². The second-order valence-electron chi connectivity index (χ2n) is 5.08. The zero-order chi connectivity index (χ0) is 12.1. The average Bonchev–Trinajstić information content (AvgIpc) is 2.25. The number of nitrogens with zero attached hydrogens (tertiary/aromatic N) is 2. The van der Waals surface area contributed by atoms with Crippen LogP contribution in [-0.2, 0) is 4.79 Å². The summed E-state index contributed by atoms with van der Waals surface area (Å²) >= 11 is 0. The van der Waals surface area contributed by atoms with Gasteiger partial charge in [-0.05, 0) is 34.0 Å². The van der Waals surface area contributed by atoms with Gasteiger partial charge in [-0.1, -0.05) is 12.8 Å². The molecule has 0 bridgehead atoms. The first kappa shape index (κ1) is 13.5. The van der Waals surface area contributed by atoms with Crippen LogP contribution in [0.15, 0.2) is 0 Å². The molecule has 0 saturated heterocycles. The molecule has 0 spiro atoms. The van der Waals surface area contributed by atoms with E-state index in [-0.39, 0.29) is 12.0 Å². The molecule has 4 nitrogen and oxygen atoms in total. The molecule has 1 N–H and O–H groups in total. The van der Waals surface area contributed by atoms with Gasteiger partial charge in [0.15, 0.2) is 0 Å². The Hall–Kier alpha value is -0.610. The summed E-state index contributed by atoms with van der Waals surface area (Å²) in [4.78, 5) is 15.5. The number of hydrogen-bond donors (Lipinski definition) is 1. The summed E-state index contributed by atoms with van der Waals surface area (Å²) in [7, 11) is 6.14. The van der Waals surface area contributed by atoms with E-state index in [0.717, 1.165) is 32.4 Å². The molecule has 0 aromatic carbocycles. The third-order valence-electron chi connectivity index (χ3n) is 3.51. The van der Waals surface area contributed by atoms with E-state index < -0.39 is 5.97 Å². The van der Waals surface area contributed by atoms with Gasteiger partial charge in [0.25, 0.3) is 0 Å². The summed E-state index contributed by atoms with van der Waals surface area (Å²) in [6.45, 7) is 1.93. The Labute approximate surface area is 98.2 Å². The Balaban J connectivity index is 2.50. The van der Waals surface area contributed by atoms with Crippen LogP contribution in [0.3, 0.4) is 0 Å². The molecule has 0 aromatic heterocycles. The van der Waals surface area contributed by atoms with Crippen LogP contribution in [0, 0.1) is 5.92 Å². The third-order valence-corrected chi connectivity index (χ3v) is 3.51. The van der Waals surface area contributed by atoms with Gasteiger partial charge in [-0.25, -0.2) is 0 Å². The first-order valence-electron chi connectivity index (χ1n) is 6.10. The van der Waals surface area contributed by atoms with E-state index >= 15 is 0 Å². The molecule has 0 heterocycles. The SMILES string of the molecule is CN(C)CCN(C)C1CCCCC1C(=O)O. The van der Waals surface area contributed by atoms with Crippen LogP contribution in [0.2, 0.25) is 0 Å². The summed E-state index contributed by atoms with van der Waals surface area (Å²) in [6.07, 6.45) is 4.10. The summed E-state index contributed by atoms with van der Waals surface area (Å²) in [5.74, 6) is -0.790. The van der Waals surface area contributed by atoms with Crippen molar-refractivity contribution in [3.63, 3.8) is 0 Å². The van der Waals surface area contributed by atoms with Crippen molar-refractivity contribution in [2.45, 2.75) is 31.7 Å². The van der Waals surface area contributed by atoms with Crippen LogP contribution in [0.5, 0.6) is 0 Å². The number of carbonyl (C=O) groups is 1. The van der Waals surface area contributed by atoms with E-state index in [1.54, 1.807) is 0 Å². The van der Waals surface area contributed by atoms with Gasteiger partial charge in [-0.15, -0.1) is 0 Å². The van der Waals surface area contributed by atoms with Gasteiger partial charge in [0.1, 0.15) is 0 Å². The van der Waals surface area contributed by atoms with E-state index in [9.17, 15) is 9.90 Å². The van der Waals surface area contributed by atoms with Crippen molar-refractivity contribution >= 4 is 5.97 Å². The van der Waals surface area contributed by atoms with E-state index in [1.807, 2.05) is 14.1 Å². The Kier molecular flexibility index (Phi) is 5.22. The standard InChI is InChI=1S/C12H24N2O2/c1-13(2)8-9-14(3)11-7-5-4-6-10(11)12(15)16/h10-11H,4-9H2,1-3H3,(H,15,16). The number of rotatable bonds is 5. The van der Waals surface area contributed by atoms with Crippen molar-refractivity contribution in [3.05, 3.63) is 0 Å². The minimum absolute atomic E-state index is 0.166. The maximum Gasteiger partial charge on any atom is 0.308 e. The lowest BCUT2D eigenvalue weighted by Gasteiger charge is -2.36. The molecule has 94 valence electrons. The summed E-state index contributed by atoms with van der Waals surface area (Å²) in [5.41, 5.74) is 0. The maximum atomic E-state index is 11.2. The number of carboxylic acids is 1. The van der Waals surface area contributed by atoms with Crippen molar-refractivity contribution in [1.82, 2.24) is 9.80 Å². The first-order chi connectivity index (χ1) is 7.52. The molecule has 0 aliphatic heterocycles. The summed E-state index contributed by atoms with van der Waals surface area (Å²) in [6, 6.07) is 0.228. The van der Waals surface area contributed by atoms with Crippen LogP contribution >= 0.6 is 0 Å². The molecular formula is C12H24N2O2. The molecule has 1 fully saturated rings. The van der Waals surface area contributed by atoms with Gasteiger partial charge >= 0.3 is 5.97 Å². The predicted octanol–water partition coefficient (Wildman–Crippen LogP) is 1.12. The van der Waals surface area contributed by atoms with Crippen LogP contribution in [0.4, 0.5) is 0 Å². The molecule has 4 heteroatoms. The number of aliphatic carboxylic acids is 1. The minimum atomic E-state index is -0.624. The van der Waals surface area contributed by atoms with Gasteiger partial charge in [-0.3, -0.25) is 4.79 Å². The fourth-order valence-corrected chi connectivity index (χ4v) is 2.45. The topological polar surface area (TPSA) is 43.8 Å². The monoisotopic (exact) mass is 228 g/mol. The van der Waals surface area contributed by atoms with Gasteiger partial charge in [0.2, 0.25) is 0 Å². The number of hydrogen-bond acceptors (Lipinski definition) is 3. The van der Waals surface area contributed by atoms with Gasteiger partial charge in [-0.2, -0.15) is 0 Å². The maximum absolute atomic E-state index is 11.2. The Morgan fingerprint density at radius 2 is 1.81 bits per heavy atom. The lowest BCUT2D eigenvalue weighted by atomic mass is 9.84. The first-order valence-corrected chi connectivity index (χ1v) is 6.10. The molecule has 0 amide bonds. The predicted molar refractivity (Wildman–Crippen MR) is 64.6 cm³/mol. The molecule has 0 radical (unpaired) electrons. The van der Waals surface area contributed by atoms with Crippen molar-refractivity contribution in [1.29, 1.82) is 0 Å².